The Morgan fingerprint density at radius 1 is 0.659 bits per heavy atom. The van der Waals surface area contributed by atoms with Crippen LogP contribution < -0.4 is 0 Å². The van der Waals surface area contributed by atoms with Gasteiger partial charge >= 0.3 is 37.7 Å². The number of aliphatic carboxylic acids is 1. The van der Waals surface area contributed by atoms with Gasteiger partial charge in [-0.25, -0.2) is 33.1 Å². The fourth-order valence-corrected chi connectivity index (χ4v) is 3.28. The first-order valence-corrected chi connectivity index (χ1v) is 13.0. The molecule has 0 fully saturated rings. The van der Waals surface area contributed by atoms with Crippen LogP contribution in [0.3, 0.4) is 0 Å². The molecule has 0 aliphatic carbocycles. The second-order valence-corrected chi connectivity index (χ2v) is 10.7. The molecule has 1 N–H and O–H groups in total. The summed E-state index contributed by atoms with van der Waals surface area (Å²) in [6.45, 7) is 9.43. The van der Waals surface area contributed by atoms with E-state index in [0.717, 1.165) is 30.4 Å². The van der Waals surface area contributed by atoms with E-state index < -0.39 is 60.9 Å². The lowest BCUT2D eigenvalue weighted by Crippen LogP contribution is -2.25. The van der Waals surface area contributed by atoms with Crippen molar-refractivity contribution in [2.45, 2.75) is 52.7 Å². The van der Waals surface area contributed by atoms with Gasteiger partial charge in [-0.3, -0.25) is 13.8 Å². The first kappa shape index (κ1) is 42.1. The number of hydrogen-bond acceptors (Lipinski definition) is 14. The van der Waals surface area contributed by atoms with E-state index in [2.05, 4.69) is 18.9 Å². The minimum Gasteiger partial charge on any atom is -0.478 e. The Hall–Kier alpha value is -3.36. The van der Waals surface area contributed by atoms with Gasteiger partial charge in [-0.05, 0) is 53.1 Å². The zero-order chi connectivity index (χ0) is 32.9. The molecule has 0 aromatic rings. The molecule has 17 heteroatoms. The summed E-state index contributed by atoms with van der Waals surface area (Å²) in [6, 6.07) is 0. The number of methoxy groups -OCH3 is 3. The van der Waals surface area contributed by atoms with Crippen LogP contribution in [-0.4, -0.2) is 79.5 Å². The number of phosphoric acid groups is 1. The summed E-state index contributed by atoms with van der Waals surface area (Å²) in [4.78, 5) is 62.2. The molecule has 0 rings (SSSR count). The van der Waals surface area contributed by atoms with Crippen LogP contribution in [0.15, 0.2) is 36.5 Å². The number of carboxylic acid groups (broad SMARTS) is 1. The van der Waals surface area contributed by atoms with Gasteiger partial charge in [-0.1, -0.05) is 0 Å². The highest BCUT2D eigenvalue weighted by Gasteiger charge is 2.37. The third kappa shape index (κ3) is 32.7. The first-order valence-electron chi connectivity index (χ1n) is 11.1. The molecule has 0 aliphatic rings. The van der Waals surface area contributed by atoms with Crippen molar-refractivity contribution in [1.82, 2.24) is 0 Å². The predicted octanol–water partition coefficient (Wildman–Crippen LogP) is 3.25. The van der Waals surface area contributed by atoms with Gasteiger partial charge in [0.15, 0.2) is 0 Å². The molecule has 0 radical (unpaired) electrons. The molecule has 41 heavy (non-hydrogen) atoms. The largest absolute Gasteiger partial charge is 0.478 e. The molecule has 234 valence electrons. The fourth-order valence-electron chi connectivity index (χ4n) is 1.55. The Morgan fingerprint density at radius 3 is 1.32 bits per heavy atom. The van der Waals surface area contributed by atoms with E-state index in [1.165, 1.54) is 21.3 Å². The minimum atomic E-state index is -3.96. The van der Waals surface area contributed by atoms with Gasteiger partial charge in [0.1, 0.15) is 0 Å². The van der Waals surface area contributed by atoms with Crippen molar-refractivity contribution in [3.63, 3.8) is 0 Å². The van der Waals surface area contributed by atoms with Gasteiger partial charge < -0.3 is 24.1 Å². The van der Waals surface area contributed by atoms with Crippen molar-refractivity contribution < 1.29 is 71.0 Å². The van der Waals surface area contributed by atoms with Crippen LogP contribution in [0.5, 0.6) is 0 Å². The van der Waals surface area contributed by atoms with Crippen LogP contribution in [0.1, 0.15) is 41.5 Å². The van der Waals surface area contributed by atoms with Crippen LogP contribution in [-0.2, 0) is 65.9 Å². The standard InChI is InChI=1S/C14H25O8P.C5H5ClO3.C5H6O4/c1-13(2,3)21-23(17,22-14(4,5)6)20-10-19-12(16)9-8-11(15)18-7;2*1-9-5(8)3-2-4(6)7/h8-9H,10H2,1-7H3;2-3H,1H3;2-3H,1H3,(H,6,7)/b9-8+;2*3-2+. The average Bonchev–Trinajstić information content (AvgIpc) is 2.82. The monoisotopic (exact) mass is 630 g/mol. The molecular formula is C24H36ClO15P. The smallest absolute Gasteiger partial charge is 0.478 e. The summed E-state index contributed by atoms with van der Waals surface area (Å²) < 4.78 is 45.5. The number of carbonyl (C=O) groups is 6. The van der Waals surface area contributed by atoms with Gasteiger partial charge in [-0.2, -0.15) is 0 Å². The quantitative estimate of drug-likeness (QED) is 0.0868. The molecule has 0 amide bonds. The number of esters is 4. The van der Waals surface area contributed by atoms with Crippen LogP contribution in [0.25, 0.3) is 0 Å². The van der Waals surface area contributed by atoms with Gasteiger partial charge in [0.2, 0.25) is 12.0 Å². The lowest BCUT2D eigenvalue weighted by atomic mass is 10.2. The Labute approximate surface area is 242 Å². The van der Waals surface area contributed by atoms with Crippen LogP contribution in [0, 0.1) is 0 Å². The Balaban J connectivity index is -0.000000654. The van der Waals surface area contributed by atoms with E-state index >= 15 is 0 Å². The maximum absolute atomic E-state index is 12.6. The van der Waals surface area contributed by atoms with E-state index in [0.29, 0.717) is 6.08 Å². The molecular weight excluding hydrogens is 595 g/mol. The number of allylic oxidation sites excluding steroid dienone is 1. The van der Waals surface area contributed by atoms with E-state index in [4.69, 9.17) is 30.3 Å². The maximum Gasteiger partial charge on any atom is 0.478 e. The van der Waals surface area contributed by atoms with E-state index in [1.807, 2.05) is 0 Å². The number of halogens is 1. The van der Waals surface area contributed by atoms with Gasteiger partial charge in [0, 0.05) is 36.5 Å². The summed E-state index contributed by atoms with van der Waals surface area (Å²) in [5.74, 6) is -4.00. The molecule has 0 atom stereocenters. The summed E-state index contributed by atoms with van der Waals surface area (Å²) in [7, 11) is -0.395. The SMILES string of the molecule is COC(=O)/C=C/C(=O)Cl.COC(=O)/C=C/C(=O)O.COC(=O)/C=C/C(=O)OCOP(=O)(OC(C)(C)C)OC(C)(C)C. The topological polar surface area (TPSA) is 204 Å². The molecule has 0 aliphatic heterocycles. The normalized spacial score (nSPS) is 11.6. The van der Waals surface area contributed by atoms with Crippen molar-refractivity contribution >= 4 is 54.5 Å². The molecule has 0 saturated carbocycles. The summed E-state index contributed by atoms with van der Waals surface area (Å²) in [5.41, 5.74) is -1.59. The molecule has 0 unspecified atom stereocenters. The van der Waals surface area contributed by atoms with Gasteiger partial charge in [0.25, 0.3) is 0 Å². The van der Waals surface area contributed by atoms with E-state index in [9.17, 15) is 33.3 Å². The third-order valence-corrected chi connectivity index (χ3v) is 4.95. The van der Waals surface area contributed by atoms with Crippen molar-refractivity contribution in [2.75, 3.05) is 28.1 Å². The van der Waals surface area contributed by atoms with E-state index in [-0.39, 0.29) is 0 Å². The third-order valence-electron chi connectivity index (χ3n) is 2.85. The number of carboxylic acids is 1. The number of phosphoric ester groups is 1. The van der Waals surface area contributed by atoms with Gasteiger partial charge in [0.05, 0.1) is 32.5 Å². The van der Waals surface area contributed by atoms with E-state index in [1.54, 1.807) is 41.5 Å². The lowest BCUT2D eigenvalue weighted by Gasteiger charge is -2.30. The highest BCUT2D eigenvalue weighted by molar-refractivity contribution is 7.48. The Bertz CT molecular complexity index is 961. The summed E-state index contributed by atoms with van der Waals surface area (Å²) in [6.07, 6.45) is 5.17. The molecule has 0 aromatic heterocycles. The molecule has 0 aromatic carbocycles. The van der Waals surface area contributed by atoms with Gasteiger partial charge in [-0.15, -0.1) is 0 Å². The van der Waals surface area contributed by atoms with Crippen LogP contribution in [0.2, 0.25) is 0 Å². The highest BCUT2D eigenvalue weighted by Crippen LogP contribution is 2.55. The second-order valence-electron chi connectivity index (χ2n) is 8.78. The average molecular weight is 631 g/mol. The predicted molar refractivity (Wildman–Crippen MR) is 143 cm³/mol. The molecule has 0 heterocycles. The lowest BCUT2D eigenvalue weighted by molar-refractivity contribution is -0.146. The first-order chi connectivity index (χ1) is 18.6. The summed E-state index contributed by atoms with van der Waals surface area (Å²) in [5, 5.41) is 7.27. The second kappa shape index (κ2) is 21.4. The number of carbonyl (C=O) groups excluding carboxylic acids is 5. The zero-order valence-electron chi connectivity index (χ0n) is 24.2. The highest BCUT2D eigenvalue weighted by atomic mass is 35.5. The molecule has 0 bridgehead atoms. The van der Waals surface area contributed by atoms with Crippen molar-refractivity contribution in [2.24, 2.45) is 0 Å². The molecule has 0 spiro atoms. The maximum atomic E-state index is 12.6. The van der Waals surface area contributed by atoms with Crippen LogP contribution >= 0.6 is 19.4 Å². The Morgan fingerprint density at radius 2 is 1.00 bits per heavy atom. The van der Waals surface area contributed by atoms with Crippen molar-refractivity contribution in [3.05, 3.63) is 36.5 Å². The van der Waals surface area contributed by atoms with Crippen molar-refractivity contribution in [1.29, 1.82) is 0 Å². The fraction of sp³-hybridized carbons (Fsp3) is 0.500. The molecule has 0 saturated heterocycles. The van der Waals surface area contributed by atoms with Crippen molar-refractivity contribution in [3.8, 4) is 0 Å². The number of hydrogen-bond donors (Lipinski definition) is 1. The number of rotatable bonds is 11. The van der Waals surface area contributed by atoms with Crippen LogP contribution in [0.4, 0.5) is 0 Å². The minimum absolute atomic E-state index is 0.594. The number of ether oxygens (including phenoxy) is 4. The summed E-state index contributed by atoms with van der Waals surface area (Å²) >= 11 is 4.85. The molecule has 15 nitrogen and oxygen atoms in total. The zero-order valence-corrected chi connectivity index (χ0v) is 25.8. The Kier molecular flexibility index (Phi) is 22.0.